The number of hydrogen-bond donors (Lipinski definition) is 1. The molecule has 0 spiro atoms. The van der Waals surface area contributed by atoms with Crippen LogP contribution in [0.3, 0.4) is 0 Å². The number of nitrogens with zero attached hydrogens (tertiary/aromatic N) is 3. The van der Waals surface area contributed by atoms with Crippen LogP contribution in [0.15, 0.2) is 41.2 Å². The summed E-state index contributed by atoms with van der Waals surface area (Å²) in [6, 6.07) is 8.12. The Balaban J connectivity index is 1.27. The lowest BCUT2D eigenvalue weighted by molar-refractivity contribution is -0.134. The normalized spacial score (nSPS) is 22.9. The number of methoxy groups -OCH3 is 1. The number of fused-ring (bicyclic) bond motifs is 1. The van der Waals surface area contributed by atoms with Crippen molar-refractivity contribution in [3.63, 3.8) is 0 Å². The Morgan fingerprint density at radius 3 is 2.79 bits per heavy atom. The molecular weight excluding hydrogens is 416 g/mol. The van der Waals surface area contributed by atoms with E-state index in [4.69, 9.17) is 9.72 Å². The van der Waals surface area contributed by atoms with Gasteiger partial charge in [-0.15, -0.1) is 0 Å². The predicted molar refractivity (Wildman–Crippen MR) is 126 cm³/mol. The van der Waals surface area contributed by atoms with Crippen molar-refractivity contribution in [2.45, 2.75) is 51.1 Å². The highest BCUT2D eigenvalue weighted by molar-refractivity contribution is 5.79. The zero-order chi connectivity index (χ0) is 22.8. The molecule has 2 unspecified atom stereocenters. The number of H-pyrrole nitrogens is 1. The van der Waals surface area contributed by atoms with Crippen molar-refractivity contribution in [2.24, 2.45) is 5.92 Å². The summed E-state index contributed by atoms with van der Waals surface area (Å²) >= 11 is 0. The van der Waals surface area contributed by atoms with Crippen LogP contribution in [0.25, 0.3) is 0 Å². The third kappa shape index (κ3) is 4.74. The highest BCUT2D eigenvalue weighted by Gasteiger charge is 2.33. The van der Waals surface area contributed by atoms with Crippen LogP contribution < -0.4 is 10.3 Å². The molecule has 1 N–H and O–H groups in total. The summed E-state index contributed by atoms with van der Waals surface area (Å²) in [4.78, 5) is 38.0. The molecule has 0 radical (unpaired) electrons. The Morgan fingerprint density at radius 1 is 1.18 bits per heavy atom. The summed E-state index contributed by atoms with van der Waals surface area (Å²) in [6.45, 7) is 3.71. The van der Waals surface area contributed by atoms with Gasteiger partial charge >= 0.3 is 0 Å². The summed E-state index contributed by atoms with van der Waals surface area (Å²) in [5, 5.41) is 0. The van der Waals surface area contributed by atoms with Gasteiger partial charge in [0.25, 0.3) is 5.56 Å². The van der Waals surface area contributed by atoms with E-state index in [1.807, 2.05) is 17.0 Å². The molecule has 0 saturated carbocycles. The molecule has 2 atom stereocenters. The van der Waals surface area contributed by atoms with Gasteiger partial charge in [0.2, 0.25) is 5.91 Å². The molecule has 7 heteroatoms. The van der Waals surface area contributed by atoms with Gasteiger partial charge in [0.05, 0.1) is 12.8 Å². The van der Waals surface area contributed by atoms with Crippen molar-refractivity contribution in [1.29, 1.82) is 0 Å². The molecule has 5 rings (SSSR count). The third-order valence-corrected chi connectivity index (χ3v) is 7.24. The average molecular weight is 449 g/mol. The molecule has 1 aromatic heterocycles. The standard InChI is InChI=1S/C26H32N4O3/c1-33-21-9-7-18(8-10-21)15-29-13-12-22-23(17-29)27-24(28-25(22)31)20-11-14-30(16-20)26(32)19-5-3-2-4-6-19/h2-3,7-10,19-20H,4-6,11-17H2,1H3,(H,27,28,31). The van der Waals surface area contributed by atoms with Crippen LogP contribution >= 0.6 is 0 Å². The fourth-order valence-electron chi connectivity index (χ4n) is 5.29. The van der Waals surface area contributed by atoms with E-state index >= 15 is 0 Å². The summed E-state index contributed by atoms with van der Waals surface area (Å²) < 4.78 is 5.25. The molecule has 1 fully saturated rings. The minimum Gasteiger partial charge on any atom is -0.497 e. The monoisotopic (exact) mass is 448 g/mol. The molecule has 7 nitrogen and oxygen atoms in total. The Hall–Kier alpha value is -2.93. The van der Waals surface area contributed by atoms with E-state index in [2.05, 4.69) is 34.2 Å². The Bertz CT molecular complexity index is 1090. The highest BCUT2D eigenvalue weighted by Crippen LogP contribution is 2.29. The predicted octanol–water partition coefficient (Wildman–Crippen LogP) is 3.01. The summed E-state index contributed by atoms with van der Waals surface area (Å²) in [5.41, 5.74) is 2.90. The van der Waals surface area contributed by atoms with Gasteiger partial charge < -0.3 is 14.6 Å². The number of aromatic amines is 1. The molecule has 2 aromatic rings. The molecule has 33 heavy (non-hydrogen) atoms. The van der Waals surface area contributed by atoms with Crippen molar-refractivity contribution >= 4 is 5.91 Å². The van der Waals surface area contributed by atoms with Gasteiger partial charge in [0, 0.05) is 50.1 Å². The Morgan fingerprint density at radius 2 is 2.03 bits per heavy atom. The average Bonchev–Trinajstić information content (AvgIpc) is 3.35. The van der Waals surface area contributed by atoms with E-state index in [0.29, 0.717) is 19.5 Å². The smallest absolute Gasteiger partial charge is 0.254 e. The van der Waals surface area contributed by atoms with E-state index in [9.17, 15) is 9.59 Å². The van der Waals surface area contributed by atoms with E-state index in [-0.39, 0.29) is 23.3 Å². The molecule has 2 aliphatic heterocycles. The van der Waals surface area contributed by atoms with Crippen LogP contribution in [-0.4, -0.2) is 52.4 Å². The second kappa shape index (κ2) is 9.51. The van der Waals surface area contributed by atoms with Crippen LogP contribution in [0, 0.1) is 5.92 Å². The van der Waals surface area contributed by atoms with Gasteiger partial charge in [-0.2, -0.15) is 0 Å². The number of nitrogens with one attached hydrogen (secondary N) is 1. The SMILES string of the molecule is COc1ccc(CN2CCc3c(nc(C4CCN(C(=O)C5CC=CCC5)C4)[nH]c3=O)C2)cc1. The second-order valence-corrected chi connectivity index (χ2v) is 9.44. The van der Waals surface area contributed by atoms with Crippen molar-refractivity contribution in [2.75, 3.05) is 26.7 Å². The number of carbonyl (C=O) groups excluding carboxylic acids is 1. The molecule has 1 aromatic carbocycles. The van der Waals surface area contributed by atoms with E-state index in [1.54, 1.807) is 7.11 Å². The van der Waals surface area contributed by atoms with Crippen molar-refractivity contribution < 1.29 is 9.53 Å². The van der Waals surface area contributed by atoms with Crippen LogP contribution in [0.1, 0.15) is 54.2 Å². The first-order chi connectivity index (χ1) is 16.1. The summed E-state index contributed by atoms with van der Waals surface area (Å²) in [6.07, 6.45) is 8.62. The first-order valence-electron chi connectivity index (χ1n) is 12.0. The summed E-state index contributed by atoms with van der Waals surface area (Å²) in [5.74, 6) is 2.06. The van der Waals surface area contributed by atoms with Crippen LogP contribution in [0.5, 0.6) is 5.75 Å². The van der Waals surface area contributed by atoms with Gasteiger partial charge in [-0.3, -0.25) is 14.5 Å². The van der Waals surface area contributed by atoms with E-state index in [1.165, 1.54) is 5.56 Å². The van der Waals surface area contributed by atoms with Gasteiger partial charge in [-0.05, 0) is 49.8 Å². The van der Waals surface area contributed by atoms with Crippen molar-refractivity contribution in [3.05, 3.63) is 69.4 Å². The Labute approximate surface area is 194 Å². The number of allylic oxidation sites excluding steroid dienone is 2. The number of likely N-dealkylation sites (tertiary alicyclic amines) is 1. The van der Waals surface area contributed by atoms with Gasteiger partial charge in [-0.25, -0.2) is 4.98 Å². The minimum atomic E-state index is -0.0127. The van der Waals surface area contributed by atoms with E-state index < -0.39 is 0 Å². The zero-order valence-corrected chi connectivity index (χ0v) is 19.3. The van der Waals surface area contributed by atoms with Gasteiger partial charge in [-0.1, -0.05) is 24.3 Å². The maximum atomic E-state index is 12.9. The number of carbonyl (C=O) groups is 1. The molecule has 3 heterocycles. The largest absolute Gasteiger partial charge is 0.497 e. The van der Waals surface area contributed by atoms with Crippen LogP contribution in [-0.2, 0) is 24.3 Å². The molecule has 174 valence electrons. The number of amides is 1. The van der Waals surface area contributed by atoms with Crippen LogP contribution in [0.2, 0.25) is 0 Å². The van der Waals surface area contributed by atoms with E-state index in [0.717, 1.165) is 68.1 Å². The molecular formula is C26H32N4O3. The molecule has 3 aliphatic rings. The number of ether oxygens (including phenoxy) is 1. The number of aromatic nitrogens is 2. The van der Waals surface area contributed by atoms with Crippen molar-refractivity contribution in [1.82, 2.24) is 19.8 Å². The highest BCUT2D eigenvalue weighted by atomic mass is 16.5. The maximum Gasteiger partial charge on any atom is 0.254 e. The topological polar surface area (TPSA) is 78.5 Å². The number of benzene rings is 1. The number of hydrogen-bond acceptors (Lipinski definition) is 5. The molecule has 1 amide bonds. The summed E-state index contributed by atoms with van der Waals surface area (Å²) in [7, 11) is 1.67. The maximum absolute atomic E-state index is 12.9. The Kier molecular flexibility index (Phi) is 6.31. The van der Waals surface area contributed by atoms with Crippen molar-refractivity contribution in [3.8, 4) is 5.75 Å². The van der Waals surface area contributed by atoms with Gasteiger partial charge in [0.1, 0.15) is 11.6 Å². The van der Waals surface area contributed by atoms with Gasteiger partial charge in [0.15, 0.2) is 0 Å². The number of rotatable bonds is 5. The molecule has 0 bridgehead atoms. The molecule has 1 aliphatic carbocycles. The molecule has 1 saturated heterocycles. The quantitative estimate of drug-likeness (QED) is 0.712. The zero-order valence-electron chi connectivity index (χ0n) is 19.3. The van der Waals surface area contributed by atoms with Crippen LogP contribution in [0.4, 0.5) is 0 Å². The third-order valence-electron chi connectivity index (χ3n) is 7.24. The first kappa shape index (κ1) is 21.9. The fourth-order valence-corrected chi connectivity index (χ4v) is 5.29. The minimum absolute atomic E-state index is 0.0127. The lowest BCUT2D eigenvalue weighted by atomic mass is 9.93. The lowest BCUT2D eigenvalue weighted by Crippen LogP contribution is -2.36. The lowest BCUT2D eigenvalue weighted by Gasteiger charge is -2.28. The fraction of sp³-hybridized carbons (Fsp3) is 0.500. The first-order valence-corrected chi connectivity index (χ1v) is 12.0. The second-order valence-electron chi connectivity index (χ2n) is 9.44.